The summed E-state index contributed by atoms with van der Waals surface area (Å²) >= 11 is 0. The van der Waals surface area contributed by atoms with Crippen molar-refractivity contribution in [1.29, 1.82) is 0 Å². The fourth-order valence-electron chi connectivity index (χ4n) is 2.66. The molecular formula is C15H21N3O3. The first kappa shape index (κ1) is 15.3. The summed E-state index contributed by atoms with van der Waals surface area (Å²) in [6, 6.07) is 4.91. The number of rotatable bonds is 4. The molecule has 1 N–H and O–H groups in total. The second-order valence-corrected chi connectivity index (χ2v) is 5.54. The van der Waals surface area contributed by atoms with E-state index in [4.69, 9.17) is 0 Å². The van der Waals surface area contributed by atoms with Gasteiger partial charge in [0.2, 0.25) is 5.91 Å². The molecule has 0 radical (unpaired) electrons. The van der Waals surface area contributed by atoms with Crippen molar-refractivity contribution in [3.05, 3.63) is 33.9 Å². The van der Waals surface area contributed by atoms with Gasteiger partial charge in [-0.15, -0.1) is 0 Å². The number of nitro benzene ring substituents is 1. The second-order valence-electron chi connectivity index (χ2n) is 5.54. The quantitative estimate of drug-likeness (QED) is 0.683. The van der Waals surface area contributed by atoms with Gasteiger partial charge in [-0.2, -0.15) is 0 Å². The predicted octanol–water partition coefficient (Wildman–Crippen LogP) is 2.72. The second kappa shape index (κ2) is 6.56. The van der Waals surface area contributed by atoms with Crippen LogP contribution in [0.3, 0.4) is 0 Å². The van der Waals surface area contributed by atoms with Crippen LogP contribution >= 0.6 is 0 Å². The van der Waals surface area contributed by atoms with E-state index < -0.39 is 4.92 Å². The lowest BCUT2D eigenvalue weighted by atomic mass is 10.0. The largest absolute Gasteiger partial charge is 0.376 e. The topological polar surface area (TPSA) is 75.5 Å². The van der Waals surface area contributed by atoms with E-state index in [1.165, 1.54) is 18.6 Å². The Hall–Kier alpha value is -2.11. The molecule has 2 rings (SSSR count). The number of carbonyl (C=O) groups excluding carboxylic acids is 1. The Kier molecular flexibility index (Phi) is 4.77. The molecule has 1 heterocycles. The Morgan fingerprint density at radius 2 is 2.24 bits per heavy atom. The first-order valence-electron chi connectivity index (χ1n) is 7.27. The summed E-state index contributed by atoms with van der Waals surface area (Å²) in [5.74, 6) is 0.0492. The molecule has 6 nitrogen and oxygen atoms in total. The zero-order valence-electron chi connectivity index (χ0n) is 12.5. The number of nitrogens with zero attached hydrogens (tertiary/aromatic N) is 2. The number of piperidine rings is 1. The number of carbonyl (C=O) groups is 1. The summed E-state index contributed by atoms with van der Waals surface area (Å²) < 4.78 is 0. The highest BCUT2D eigenvalue weighted by atomic mass is 16.6. The van der Waals surface area contributed by atoms with Gasteiger partial charge in [-0.05, 0) is 38.7 Å². The molecule has 6 heteroatoms. The average molecular weight is 291 g/mol. The van der Waals surface area contributed by atoms with E-state index in [2.05, 4.69) is 12.2 Å². The Balaban J connectivity index is 2.00. The fourth-order valence-corrected chi connectivity index (χ4v) is 2.66. The predicted molar refractivity (Wildman–Crippen MR) is 81.3 cm³/mol. The maximum absolute atomic E-state index is 12.2. The monoisotopic (exact) mass is 291 g/mol. The van der Waals surface area contributed by atoms with E-state index in [1.807, 2.05) is 11.8 Å². The van der Waals surface area contributed by atoms with Gasteiger partial charge in [0, 0.05) is 30.4 Å². The average Bonchev–Trinajstić information content (AvgIpc) is 2.46. The van der Waals surface area contributed by atoms with E-state index in [1.54, 1.807) is 6.07 Å². The number of aryl methyl sites for hydroxylation is 1. The number of nitrogens with one attached hydrogen (secondary N) is 1. The van der Waals surface area contributed by atoms with Crippen LogP contribution in [-0.2, 0) is 4.79 Å². The summed E-state index contributed by atoms with van der Waals surface area (Å²) in [4.78, 5) is 24.5. The van der Waals surface area contributed by atoms with Crippen LogP contribution in [0.4, 0.5) is 11.4 Å². The molecule has 1 fully saturated rings. The minimum atomic E-state index is -0.431. The molecule has 1 atom stereocenters. The fraction of sp³-hybridized carbons (Fsp3) is 0.533. The third-order valence-corrected chi connectivity index (χ3v) is 3.99. The molecular weight excluding hydrogens is 270 g/mol. The highest BCUT2D eigenvalue weighted by Gasteiger charge is 2.22. The van der Waals surface area contributed by atoms with Crippen molar-refractivity contribution in [2.45, 2.75) is 39.2 Å². The van der Waals surface area contributed by atoms with Crippen LogP contribution in [0, 0.1) is 17.0 Å². The first-order chi connectivity index (χ1) is 9.99. The van der Waals surface area contributed by atoms with E-state index in [9.17, 15) is 14.9 Å². The van der Waals surface area contributed by atoms with Crippen molar-refractivity contribution in [2.75, 3.05) is 18.4 Å². The molecule has 1 unspecified atom stereocenters. The molecule has 0 spiro atoms. The van der Waals surface area contributed by atoms with E-state index in [0.29, 0.717) is 5.69 Å². The molecule has 1 amide bonds. The minimum absolute atomic E-state index is 0.0295. The summed E-state index contributed by atoms with van der Waals surface area (Å²) in [7, 11) is 0. The molecule has 1 aromatic rings. The summed E-state index contributed by atoms with van der Waals surface area (Å²) in [5, 5.41) is 13.8. The number of amides is 1. The number of anilines is 1. The van der Waals surface area contributed by atoms with E-state index >= 15 is 0 Å². The number of hydrogen-bond donors (Lipinski definition) is 1. The van der Waals surface area contributed by atoms with Crippen molar-refractivity contribution in [2.24, 2.45) is 0 Å². The number of likely N-dealkylation sites (tertiary alicyclic amines) is 1. The van der Waals surface area contributed by atoms with Crippen molar-refractivity contribution in [3.8, 4) is 0 Å². The highest BCUT2D eigenvalue weighted by Crippen LogP contribution is 2.22. The van der Waals surface area contributed by atoms with Gasteiger partial charge < -0.3 is 10.2 Å². The van der Waals surface area contributed by atoms with Crippen LogP contribution < -0.4 is 5.32 Å². The zero-order chi connectivity index (χ0) is 15.4. The Morgan fingerprint density at radius 1 is 1.48 bits per heavy atom. The maximum Gasteiger partial charge on any atom is 0.271 e. The van der Waals surface area contributed by atoms with Gasteiger partial charge in [0.1, 0.15) is 0 Å². The number of hydrogen-bond acceptors (Lipinski definition) is 4. The molecule has 21 heavy (non-hydrogen) atoms. The van der Waals surface area contributed by atoms with Crippen molar-refractivity contribution in [3.63, 3.8) is 0 Å². The lowest BCUT2D eigenvalue weighted by Gasteiger charge is -2.33. The molecule has 0 bridgehead atoms. The molecule has 0 aliphatic carbocycles. The normalized spacial score (nSPS) is 18.4. The lowest BCUT2D eigenvalue weighted by Crippen LogP contribution is -2.44. The van der Waals surface area contributed by atoms with Crippen LogP contribution in [0.15, 0.2) is 18.2 Å². The van der Waals surface area contributed by atoms with Gasteiger partial charge in [-0.1, -0.05) is 6.07 Å². The standard InChI is InChI=1S/C15H21N3O3/c1-11-6-7-13(18(20)21)9-14(11)16-10-15(19)17-8-4-3-5-12(17)2/h6-7,9,12,16H,3-5,8,10H2,1-2H3. The number of nitro groups is 1. The van der Waals surface area contributed by atoms with E-state index in [-0.39, 0.29) is 24.2 Å². The van der Waals surface area contributed by atoms with Crippen LogP contribution in [0.25, 0.3) is 0 Å². The highest BCUT2D eigenvalue weighted by molar-refractivity contribution is 5.81. The summed E-state index contributed by atoms with van der Waals surface area (Å²) in [6.45, 7) is 4.90. The third kappa shape index (κ3) is 3.71. The Morgan fingerprint density at radius 3 is 2.90 bits per heavy atom. The lowest BCUT2D eigenvalue weighted by molar-refractivity contribution is -0.384. The molecule has 0 aromatic heterocycles. The molecule has 1 aromatic carbocycles. The SMILES string of the molecule is Cc1ccc([N+](=O)[O-])cc1NCC(=O)N1CCCCC1C. The van der Waals surface area contributed by atoms with Crippen molar-refractivity contribution < 1.29 is 9.72 Å². The van der Waals surface area contributed by atoms with Gasteiger partial charge in [0.05, 0.1) is 11.5 Å². The molecule has 1 saturated heterocycles. The number of non-ortho nitro benzene ring substituents is 1. The van der Waals surface area contributed by atoms with Crippen LogP contribution in [0.5, 0.6) is 0 Å². The van der Waals surface area contributed by atoms with Gasteiger partial charge >= 0.3 is 0 Å². The van der Waals surface area contributed by atoms with Gasteiger partial charge in [-0.25, -0.2) is 0 Å². The van der Waals surface area contributed by atoms with Crippen molar-refractivity contribution in [1.82, 2.24) is 4.90 Å². The zero-order valence-corrected chi connectivity index (χ0v) is 12.5. The smallest absolute Gasteiger partial charge is 0.271 e. The van der Waals surface area contributed by atoms with Crippen LogP contribution in [-0.4, -0.2) is 34.9 Å². The minimum Gasteiger partial charge on any atom is -0.376 e. The molecule has 1 aliphatic heterocycles. The molecule has 0 saturated carbocycles. The maximum atomic E-state index is 12.2. The van der Waals surface area contributed by atoms with Crippen molar-refractivity contribution >= 4 is 17.3 Å². The summed E-state index contributed by atoms with van der Waals surface area (Å²) in [5.41, 5.74) is 1.56. The van der Waals surface area contributed by atoms with E-state index in [0.717, 1.165) is 24.9 Å². The Labute approximate surface area is 124 Å². The van der Waals surface area contributed by atoms with Gasteiger partial charge in [0.25, 0.3) is 5.69 Å². The summed E-state index contributed by atoms with van der Waals surface area (Å²) in [6.07, 6.45) is 3.26. The Bertz CT molecular complexity index is 545. The molecule has 1 aliphatic rings. The van der Waals surface area contributed by atoms with Gasteiger partial charge in [0.15, 0.2) is 0 Å². The third-order valence-electron chi connectivity index (χ3n) is 3.99. The first-order valence-corrected chi connectivity index (χ1v) is 7.27. The van der Waals surface area contributed by atoms with Gasteiger partial charge in [-0.3, -0.25) is 14.9 Å². The number of benzene rings is 1. The van der Waals surface area contributed by atoms with Crippen LogP contribution in [0.2, 0.25) is 0 Å². The molecule has 114 valence electrons. The van der Waals surface area contributed by atoms with Crippen LogP contribution in [0.1, 0.15) is 31.7 Å².